The molecule has 1 saturated carbocycles. The summed E-state index contributed by atoms with van der Waals surface area (Å²) in [7, 11) is 0. The average Bonchev–Trinajstić information content (AvgIpc) is 2.85. The molecule has 2 heterocycles. The summed E-state index contributed by atoms with van der Waals surface area (Å²) >= 11 is 0. The van der Waals surface area contributed by atoms with Crippen LogP contribution in [0.5, 0.6) is 0 Å². The molecule has 1 saturated heterocycles. The molecule has 94 valence electrons. The predicted octanol–water partition coefficient (Wildman–Crippen LogP) is 1.37. The van der Waals surface area contributed by atoms with Crippen LogP contribution in [0.3, 0.4) is 0 Å². The van der Waals surface area contributed by atoms with Gasteiger partial charge in [0.25, 0.3) is 0 Å². The summed E-state index contributed by atoms with van der Waals surface area (Å²) in [6, 6.07) is 0. The highest BCUT2D eigenvalue weighted by molar-refractivity contribution is 5.07. The molecule has 2 atom stereocenters. The Balaban J connectivity index is 1.69. The molecule has 0 radical (unpaired) electrons. The molecule has 0 aromatic carbocycles. The third-order valence-electron chi connectivity index (χ3n) is 3.79. The van der Waals surface area contributed by atoms with Crippen molar-refractivity contribution in [3.63, 3.8) is 0 Å². The highest BCUT2D eigenvalue weighted by Gasteiger charge is 2.43. The van der Waals surface area contributed by atoms with Gasteiger partial charge < -0.3 is 15.0 Å². The van der Waals surface area contributed by atoms with E-state index in [9.17, 15) is 0 Å². The fourth-order valence-corrected chi connectivity index (χ4v) is 2.42. The minimum absolute atomic E-state index is 0.255. The van der Waals surface area contributed by atoms with Crippen LogP contribution in [0.25, 0.3) is 0 Å². The molecule has 1 aromatic heterocycles. The molecule has 2 unspecified atom stereocenters. The van der Waals surface area contributed by atoms with Gasteiger partial charge in [-0.3, -0.25) is 0 Å². The van der Waals surface area contributed by atoms with E-state index in [1.165, 1.54) is 0 Å². The van der Waals surface area contributed by atoms with Crippen LogP contribution < -0.4 is 5.73 Å². The number of aromatic nitrogens is 2. The van der Waals surface area contributed by atoms with E-state index in [2.05, 4.69) is 10.1 Å². The molecule has 1 aliphatic carbocycles. The molecule has 17 heavy (non-hydrogen) atoms. The van der Waals surface area contributed by atoms with Gasteiger partial charge in [-0.25, -0.2) is 0 Å². The van der Waals surface area contributed by atoms with Gasteiger partial charge in [0.15, 0.2) is 5.82 Å². The van der Waals surface area contributed by atoms with Gasteiger partial charge in [-0.05, 0) is 38.5 Å². The Morgan fingerprint density at radius 2 is 2.24 bits per heavy atom. The van der Waals surface area contributed by atoms with Gasteiger partial charge in [0.05, 0.1) is 11.6 Å². The molecule has 0 spiro atoms. The predicted molar refractivity (Wildman–Crippen MR) is 61.2 cm³/mol. The maximum Gasteiger partial charge on any atom is 0.246 e. The van der Waals surface area contributed by atoms with E-state index in [0.717, 1.165) is 44.5 Å². The molecule has 1 aromatic rings. The lowest BCUT2D eigenvalue weighted by Gasteiger charge is -2.18. The summed E-state index contributed by atoms with van der Waals surface area (Å²) in [4.78, 5) is 4.42. The first kappa shape index (κ1) is 11.2. The lowest BCUT2D eigenvalue weighted by Crippen LogP contribution is -2.35. The fraction of sp³-hybridized carbons (Fsp3) is 0.833. The molecular weight excluding hydrogens is 218 g/mol. The molecule has 5 heteroatoms. The molecule has 0 bridgehead atoms. The van der Waals surface area contributed by atoms with Crippen molar-refractivity contribution in [1.29, 1.82) is 0 Å². The quantitative estimate of drug-likeness (QED) is 0.856. The van der Waals surface area contributed by atoms with E-state index >= 15 is 0 Å². The number of hydrogen-bond donors (Lipinski definition) is 1. The van der Waals surface area contributed by atoms with Gasteiger partial charge in [0.1, 0.15) is 0 Å². The van der Waals surface area contributed by atoms with Crippen molar-refractivity contribution in [1.82, 2.24) is 10.1 Å². The van der Waals surface area contributed by atoms with Crippen LogP contribution >= 0.6 is 0 Å². The first-order valence-corrected chi connectivity index (χ1v) is 6.40. The lowest BCUT2D eigenvalue weighted by atomic mass is 9.97. The number of nitrogens with two attached hydrogens (primary N) is 1. The zero-order valence-electron chi connectivity index (χ0n) is 10.2. The molecule has 2 N–H and O–H groups in total. The molecule has 2 aliphatic rings. The van der Waals surface area contributed by atoms with Crippen molar-refractivity contribution in [2.45, 2.75) is 50.7 Å². The fourth-order valence-electron chi connectivity index (χ4n) is 2.42. The van der Waals surface area contributed by atoms with Crippen molar-refractivity contribution in [3.05, 3.63) is 11.7 Å². The summed E-state index contributed by atoms with van der Waals surface area (Å²) in [5.41, 5.74) is 5.78. The molecule has 0 amide bonds. The van der Waals surface area contributed by atoms with E-state index < -0.39 is 5.54 Å². The zero-order valence-corrected chi connectivity index (χ0v) is 10.2. The Morgan fingerprint density at radius 1 is 1.41 bits per heavy atom. The molecular formula is C12H19N3O2. The van der Waals surface area contributed by atoms with Gasteiger partial charge in [-0.1, -0.05) is 5.16 Å². The first-order chi connectivity index (χ1) is 8.16. The third kappa shape index (κ3) is 2.21. The van der Waals surface area contributed by atoms with Gasteiger partial charge in [0, 0.05) is 13.0 Å². The third-order valence-corrected chi connectivity index (χ3v) is 3.79. The van der Waals surface area contributed by atoms with Crippen LogP contribution in [0, 0.1) is 5.92 Å². The second kappa shape index (κ2) is 4.07. The van der Waals surface area contributed by atoms with E-state index in [1.807, 2.05) is 6.92 Å². The Hall–Kier alpha value is -0.940. The number of nitrogens with zero attached hydrogens (tertiary/aromatic N) is 2. The number of rotatable bonds is 4. The first-order valence-electron chi connectivity index (χ1n) is 6.40. The van der Waals surface area contributed by atoms with Gasteiger partial charge in [-0.2, -0.15) is 4.98 Å². The highest BCUT2D eigenvalue weighted by Crippen LogP contribution is 2.43. The summed E-state index contributed by atoms with van der Waals surface area (Å²) < 4.78 is 10.9. The summed E-state index contributed by atoms with van der Waals surface area (Å²) in [5.74, 6) is 1.80. The Bertz CT molecular complexity index is 392. The van der Waals surface area contributed by atoms with Crippen molar-refractivity contribution in [2.24, 2.45) is 11.7 Å². The zero-order chi connectivity index (χ0) is 11.9. The van der Waals surface area contributed by atoms with Crippen LogP contribution in [0.1, 0.15) is 44.3 Å². The van der Waals surface area contributed by atoms with Crippen LogP contribution in [-0.2, 0) is 16.7 Å². The highest BCUT2D eigenvalue weighted by atomic mass is 16.5. The van der Waals surface area contributed by atoms with Crippen LogP contribution in [0.4, 0.5) is 0 Å². The maximum absolute atomic E-state index is 6.24. The average molecular weight is 237 g/mol. The second-order valence-corrected chi connectivity index (χ2v) is 5.41. The lowest BCUT2D eigenvalue weighted by molar-refractivity contribution is 0.109. The molecule has 2 fully saturated rings. The Kier molecular flexibility index (Phi) is 2.67. The monoisotopic (exact) mass is 237 g/mol. The largest absolute Gasteiger partial charge is 0.378 e. The van der Waals surface area contributed by atoms with E-state index in [-0.39, 0.29) is 6.10 Å². The minimum atomic E-state index is -0.457. The van der Waals surface area contributed by atoms with Crippen molar-refractivity contribution >= 4 is 0 Å². The summed E-state index contributed by atoms with van der Waals surface area (Å²) in [6.07, 6.45) is 5.54. The SMILES string of the molecule is CC(N)(c1nc(CC2CCCO2)no1)C1CC1. The van der Waals surface area contributed by atoms with Crippen molar-refractivity contribution in [3.8, 4) is 0 Å². The molecule has 5 nitrogen and oxygen atoms in total. The van der Waals surface area contributed by atoms with E-state index in [0.29, 0.717) is 11.8 Å². The van der Waals surface area contributed by atoms with Crippen molar-refractivity contribution < 1.29 is 9.26 Å². The van der Waals surface area contributed by atoms with E-state index in [4.69, 9.17) is 15.0 Å². The summed E-state index contributed by atoms with van der Waals surface area (Å²) in [5, 5.41) is 4.01. The Labute approximate surface area is 101 Å². The van der Waals surface area contributed by atoms with Crippen molar-refractivity contribution in [2.75, 3.05) is 6.61 Å². The topological polar surface area (TPSA) is 74.2 Å². The van der Waals surface area contributed by atoms with E-state index in [1.54, 1.807) is 0 Å². The minimum Gasteiger partial charge on any atom is -0.378 e. The second-order valence-electron chi connectivity index (χ2n) is 5.41. The molecule has 1 aliphatic heterocycles. The number of ether oxygens (including phenoxy) is 1. The van der Waals surface area contributed by atoms with Crippen LogP contribution in [0.2, 0.25) is 0 Å². The van der Waals surface area contributed by atoms with Gasteiger partial charge in [-0.15, -0.1) is 0 Å². The summed E-state index contributed by atoms with van der Waals surface area (Å²) in [6.45, 7) is 2.83. The Morgan fingerprint density at radius 3 is 2.88 bits per heavy atom. The standard InChI is InChI=1S/C12H19N3O2/c1-12(13,8-4-5-8)11-14-10(15-17-11)7-9-3-2-6-16-9/h8-9H,2-7,13H2,1H3. The number of hydrogen-bond acceptors (Lipinski definition) is 5. The van der Waals surface area contributed by atoms with Crippen LogP contribution in [-0.4, -0.2) is 22.9 Å². The molecule has 3 rings (SSSR count). The van der Waals surface area contributed by atoms with Gasteiger partial charge in [0.2, 0.25) is 5.89 Å². The normalized spacial score (nSPS) is 28.2. The smallest absolute Gasteiger partial charge is 0.246 e. The maximum atomic E-state index is 6.24. The van der Waals surface area contributed by atoms with Gasteiger partial charge >= 0.3 is 0 Å². The van der Waals surface area contributed by atoms with Crippen LogP contribution in [0.15, 0.2) is 4.52 Å².